The summed E-state index contributed by atoms with van der Waals surface area (Å²) in [5.41, 5.74) is 17.0. The molecule has 0 unspecified atom stereocenters. The predicted octanol–water partition coefficient (Wildman–Crippen LogP) is -0.871. The van der Waals surface area contributed by atoms with Crippen molar-refractivity contribution in [2.75, 3.05) is 0 Å². The molecule has 0 radical (unpaired) electrons. The van der Waals surface area contributed by atoms with E-state index in [2.05, 4.69) is 27.9 Å². The van der Waals surface area contributed by atoms with Gasteiger partial charge in [-0.2, -0.15) is 0 Å². The number of carbonyl (C=O) groups excluding carboxylic acids is 2. The zero-order chi connectivity index (χ0) is 11.4. The summed E-state index contributed by atoms with van der Waals surface area (Å²) in [6.07, 6.45) is 3.50. The Morgan fingerprint density at radius 2 is 1.07 bits per heavy atom. The molecule has 14 heavy (non-hydrogen) atoms. The number of carbonyl (C=O) groups is 2. The van der Waals surface area contributed by atoms with Crippen LogP contribution in [0, 0.1) is 0 Å². The summed E-state index contributed by atoms with van der Waals surface area (Å²) in [7, 11) is 0. The van der Waals surface area contributed by atoms with Gasteiger partial charge >= 0.3 is 12.1 Å². The largest absolute Gasteiger partial charge is 0.352 e. The van der Waals surface area contributed by atoms with Crippen molar-refractivity contribution < 1.29 is 9.59 Å². The lowest BCUT2D eigenvalue weighted by molar-refractivity contribution is 0.255. The van der Waals surface area contributed by atoms with E-state index >= 15 is 0 Å². The molecule has 0 aliphatic carbocycles. The van der Waals surface area contributed by atoms with Gasteiger partial charge in [0.25, 0.3) is 0 Å². The van der Waals surface area contributed by atoms with E-state index in [4.69, 9.17) is 9.59 Å². The fraction of sp³-hybridized carbons (Fsp3) is 0. The molecule has 1 aromatic heterocycles. The molecule has 7 heteroatoms. The van der Waals surface area contributed by atoms with Gasteiger partial charge in [0, 0.05) is 12.4 Å². The van der Waals surface area contributed by atoms with Crippen molar-refractivity contribution in [1.29, 1.82) is 0 Å². The van der Waals surface area contributed by atoms with E-state index in [1.54, 1.807) is 12.4 Å². The van der Waals surface area contributed by atoms with Crippen LogP contribution in [0.3, 0.4) is 0 Å². The Kier molecular flexibility index (Phi) is 10.9. The van der Waals surface area contributed by atoms with E-state index in [0.717, 1.165) is 0 Å². The molecule has 0 saturated carbocycles. The molecule has 0 aliphatic heterocycles. The van der Waals surface area contributed by atoms with E-state index < -0.39 is 12.1 Å². The van der Waals surface area contributed by atoms with Crippen molar-refractivity contribution >= 4 is 12.1 Å². The van der Waals surface area contributed by atoms with E-state index in [1.807, 2.05) is 18.2 Å². The second kappa shape index (κ2) is 10.7. The van der Waals surface area contributed by atoms with Crippen LogP contribution in [0.15, 0.2) is 30.6 Å². The van der Waals surface area contributed by atoms with Crippen molar-refractivity contribution in [1.82, 2.24) is 4.98 Å². The fourth-order valence-corrected chi connectivity index (χ4v) is 0.313. The highest BCUT2D eigenvalue weighted by atomic mass is 16.2. The molecule has 78 valence electrons. The van der Waals surface area contributed by atoms with Gasteiger partial charge in [-0.15, -0.1) is 0 Å². The van der Waals surface area contributed by atoms with Gasteiger partial charge in [0.2, 0.25) is 0 Å². The van der Waals surface area contributed by atoms with Crippen LogP contribution in [0.5, 0.6) is 0 Å². The SMILES string of the molecule is NC(N)=O.NC(N)=O.c1ccncc1. The van der Waals surface area contributed by atoms with E-state index in [0.29, 0.717) is 0 Å². The van der Waals surface area contributed by atoms with Gasteiger partial charge < -0.3 is 22.9 Å². The van der Waals surface area contributed by atoms with Crippen LogP contribution in [0.1, 0.15) is 0 Å². The van der Waals surface area contributed by atoms with Crippen molar-refractivity contribution in [2.24, 2.45) is 22.9 Å². The second-order valence-electron chi connectivity index (χ2n) is 1.83. The molecular formula is C7H13N5O2. The molecule has 0 spiro atoms. The maximum absolute atomic E-state index is 9.00. The standard InChI is InChI=1S/C5H5N.2CH4N2O/c1-2-4-6-5-3-1;2*2-1(3)4/h1-5H;2*(H4,2,3,4). The molecule has 4 amide bonds. The molecule has 1 heterocycles. The maximum Gasteiger partial charge on any atom is 0.309 e. The molecule has 0 fully saturated rings. The number of amides is 4. The number of primary amides is 4. The zero-order valence-corrected chi connectivity index (χ0v) is 7.46. The monoisotopic (exact) mass is 199 g/mol. The van der Waals surface area contributed by atoms with Crippen LogP contribution < -0.4 is 22.9 Å². The van der Waals surface area contributed by atoms with Gasteiger partial charge in [-0.1, -0.05) is 6.07 Å². The van der Waals surface area contributed by atoms with Crippen LogP contribution in [0.25, 0.3) is 0 Å². The van der Waals surface area contributed by atoms with Gasteiger partial charge in [0.05, 0.1) is 0 Å². The third-order valence-corrected chi connectivity index (χ3v) is 0.566. The van der Waals surface area contributed by atoms with Crippen molar-refractivity contribution in [3.63, 3.8) is 0 Å². The van der Waals surface area contributed by atoms with Crippen LogP contribution in [0.4, 0.5) is 9.59 Å². The predicted molar refractivity (Wildman–Crippen MR) is 51.8 cm³/mol. The Morgan fingerprint density at radius 3 is 1.14 bits per heavy atom. The average molecular weight is 199 g/mol. The number of nitrogens with zero attached hydrogens (tertiary/aromatic N) is 1. The Morgan fingerprint density at radius 1 is 0.786 bits per heavy atom. The minimum atomic E-state index is -0.833. The maximum atomic E-state index is 9.00. The Bertz CT molecular complexity index is 205. The van der Waals surface area contributed by atoms with Crippen molar-refractivity contribution in [3.05, 3.63) is 30.6 Å². The minimum Gasteiger partial charge on any atom is -0.352 e. The summed E-state index contributed by atoms with van der Waals surface area (Å²) in [6, 6.07) is 4.05. The molecule has 1 rings (SSSR count). The van der Waals surface area contributed by atoms with Gasteiger partial charge in [0.15, 0.2) is 0 Å². The highest BCUT2D eigenvalue weighted by Gasteiger charge is 1.61. The van der Waals surface area contributed by atoms with Crippen LogP contribution >= 0.6 is 0 Å². The number of nitrogens with two attached hydrogens (primary N) is 4. The van der Waals surface area contributed by atoms with E-state index in [1.165, 1.54) is 0 Å². The molecule has 0 bridgehead atoms. The number of pyridine rings is 1. The number of rotatable bonds is 0. The number of aromatic nitrogens is 1. The first-order valence-electron chi connectivity index (χ1n) is 3.41. The van der Waals surface area contributed by atoms with Gasteiger partial charge in [-0.25, -0.2) is 9.59 Å². The lowest BCUT2D eigenvalue weighted by Gasteiger charge is -1.70. The van der Waals surface area contributed by atoms with E-state index in [-0.39, 0.29) is 0 Å². The Balaban J connectivity index is 0. The molecule has 1 aromatic rings. The van der Waals surface area contributed by atoms with Gasteiger partial charge in [0.1, 0.15) is 0 Å². The summed E-state index contributed by atoms with van der Waals surface area (Å²) >= 11 is 0. The van der Waals surface area contributed by atoms with Crippen molar-refractivity contribution in [2.45, 2.75) is 0 Å². The van der Waals surface area contributed by atoms with Crippen molar-refractivity contribution in [3.8, 4) is 0 Å². The van der Waals surface area contributed by atoms with Gasteiger partial charge in [-0.3, -0.25) is 4.98 Å². The molecule has 8 N–H and O–H groups in total. The quantitative estimate of drug-likeness (QED) is 0.429. The summed E-state index contributed by atoms with van der Waals surface area (Å²) in [4.78, 5) is 21.8. The van der Waals surface area contributed by atoms with Gasteiger partial charge in [-0.05, 0) is 12.1 Å². The molecule has 0 saturated heterocycles. The Labute approximate surface area is 81.1 Å². The Hall–Kier alpha value is -2.31. The number of hydrogen-bond acceptors (Lipinski definition) is 3. The molecule has 0 aromatic carbocycles. The molecule has 0 atom stereocenters. The summed E-state index contributed by atoms with van der Waals surface area (Å²) < 4.78 is 0. The third-order valence-electron chi connectivity index (χ3n) is 0.566. The van der Waals surface area contributed by atoms with Crippen LogP contribution in [-0.4, -0.2) is 17.0 Å². The minimum absolute atomic E-state index is 0.833. The zero-order valence-electron chi connectivity index (χ0n) is 7.46. The summed E-state index contributed by atoms with van der Waals surface area (Å²) in [5.74, 6) is 0. The van der Waals surface area contributed by atoms with E-state index in [9.17, 15) is 0 Å². The number of hydrogen-bond donors (Lipinski definition) is 4. The first-order chi connectivity index (χ1) is 6.46. The lowest BCUT2D eigenvalue weighted by Crippen LogP contribution is -2.18. The highest BCUT2D eigenvalue weighted by molar-refractivity contribution is 5.69. The third kappa shape index (κ3) is 53.7. The molecule has 0 aliphatic rings. The fourth-order valence-electron chi connectivity index (χ4n) is 0.313. The molecular weight excluding hydrogens is 186 g/mol. The van der Waals surface area contributed by atoms with Crippen LogP contribution in [-0.2, 0) is 0 Å². The van der Waals surface area contributed by atoms with Crippen LogP contribution in [0.2, 0.25) is 0 Å². The molecule has 7 nitrogen and oxygen atoms in total. The normalized spacial score (nSPS) is 6.86. The summed E-state index contributed by atoms with van der Waals surface area (Å²) in [6.45, 7) is 0. The topological polar surface area (TPSA) is 151 Å². The lowest BCUT2D eigenvalue weighted by atomic mass is 10.5. The smallest absolute Gasteiger partial charge is 0.309 e. The highest BCUT2D eigenvalue weighted by Crippen LogP contribution is 1.73. The number of urea groups is 2. The second-order valence-corrected chi connectivity index (χ2v) is 1.83. The summed E-state index contributed by atoms with van der Waals surface area (Å²) in [5, 5.41) is 0. The average Bonchev–Trinajstić information content (AvgIpc) is 2.05. The first-order valence-corrected chi connectivity index (χ1v) is 3.41. The first kappa shape index (κ1) is 14.2.